The number of ether oxygens (including phenoxy) is 3. The fourth-order valence-electron chi connectivity index (χ4n) is 5.82. The van der Waals surface area contributed by atoms with Gasteiger partial charge in [0.05, 0.1) is 37.1 Å². The highest BCUT2D eigenvalue weighted by molar-refractivity contribution is 6.08. The Morgan fingerprint density at radius 1 is 1.11 bits per heavy atom. The van der Waals surface area contributed by atoms with Crippen LogP contribution in [0, 0.1) is 5.41 Å². The maximum Gasteiger partial charge on any atom is 0.303 e. The molecule has 0 saturated carbocycles. The first-order chi connectivity index (χ1) is 21.4. The van der Waals surface area contributed by atoms with Gasteiger partial charge < -0.3 is 34.4 Å². The molecule has 1 atom stereocenters. The second-order valence-electron chi connectivity index (χ2n) is 12.6. The molecule has 4 rings (SSSR count). The lowest BCUT2D eigenvalue weighted by Gasteiger charge is -2.30. The first-order valence-corrected chi connectivity index (χ1v) is 15.6. The van der Waals surface area contributed by atoms with E-state index < -0.39 is 5.97 Å². The Labute approximate surface area is 265 Å². The van der Waals surface area contributed by atoms with Crippen LogP contribution >= 0.6 is 0 Å². The summed E-state index contributed by atoms with van der Waals surface area (Å²) in [5.41, 5.74) is 3.67. The maximum atomic E-state index is 14.0. The van der Waals surface area contributed by atoms with Gasteiger partial charge in [0.2, 0.25) is 0 Å². The Hall–Kier alpha value is -4.12. The van der Waals surface area contributed by atoms with Gasteiger partial charge in [-0.2, -0.15) is 0 Å². The molecular weight excluding hydrogens is 576 g/mol. The van der Waals surface area contributed by atoms with Crippen LogP contribution in [-0.2, 0) is 21.5 Å². The molecule has 1 unspecified atom stereocenters. The number of fused-ring (bicyclic) bond motifs is 1. The van der Waals surface area contributed by atoms with Crippen LogP contribution in [0.25, 0.3) is 0 Å². The zero-order valence-corrected chi connectivity index (χ0v) is 27.2. The van der Waals surface area contributed by atoms with Gasteiger partial charge in [-0.3, -0.25) is 19.8 Å². The van der Waals surface area contributed by atoms with E-state index >= 15 is 0 Å². The van der Waals surface area contributed by atoms with E-state index in [1.54, 1.807) is 31.2 Å². The van der Waals surface area contributed by atoms with Crippen LogP contribution in [0.3, 0.4) is 0 Å². The lowest BCUT2D eigenvalue weighted by Crippen LogP contribution is -2.31. The Kier molecular flexibility index (Phi) is 10.7. The van der Waals surface area contributed by atoms with E-state index in [9.17, 15) is 14.4 Å². The van der Waals surface area contributed by atoms with Crippen LogP contribution < -0.4 is 19.7 Å². The van der Waals surface area contributed by atoms with Gasteiger partial charge in [0.15, 0.2) is 5.78 Å². The number of carbonyl (C=O) groups is 3. The maximum absolute atomic E-state index is 14.0. The molecule has 2 aliphatic heterocycles. The number of carbonyl (C=O) groups excluding carboxylic acids is 2. The molecule has 1 amide bonds. The summed E-state index contributed by atoms with van der Waals surface area (Å²) in [7, 11) is 3.25. The SMILES string of the molecule is CCOc1cc2c(cc1C(=O)NC)C(=N)N(CC(=O)c1cc(N3CCC(OC)C3)c(OCCCCC(=O)O)c(C(C)(C)C)c1)C2. The molecule has 2 heterocycles. The number of carboxylic acids is 1. The molecule has 45 heavy (non-hydrogen) atoms. The molecule has 0 bridgehead atoms. The highest BCUT2D eigenvalue weighted by Gasteiger charge is 2.33. The van der Waals surface area contributed by atoms with Crippen LogP contribution in [-0.4, -0.2) is 86.6 Å². The molecule has 1 fully saturated rings. The van der Waals surface area contributed by atoms with Crippen LogP contribution in [0.1, 0.15) is 90.8 Å². The van der Waals surface area contributed by atoms with Crippen molar-refractivity contribution in [2.75, 3.05) is 51.9 Å². The smallest absolute Gasteiger partial charge is 0.303 e. The van der Waals surface area contributed by atoms with Crippen LogP contribution in [0.2, 0.25) is 0 Å². The predicted molar refractivity (Wildman–Crippen MR) is 172 cm³/mol. The van der Waals surface area contributed by atoms with E-state index in [4.69, 9.17) is 24.7 Å². The number of hydrogen-bond acceptors (Lipinski definition) is 8. The Morgan fingerprint density at radius 2 is 1.87 bits per heavy atom. The fourth-order valence-corrected chi connectivity index (χ4v) is 5.82. The molecule has 0 aromatic heterocycles. The summed E-state index contributed by atoms with van der Waals surface area (Å²) in [6.07, 6.45) is 2.12. The Morgan fingerprint density at radius 3 is 2.49 bits per heavy atom. The summed E-state index contributed by atoms with van der Waals surface area (Å²) in [6, 6.07) is 7.24. The second kappa shape index (κ2) is 14.3. The number of amidine groups is 1. The van der Waals surface area contributed by atoms with E-state index in [2.05, 4.69) is 31.0 Å². The Bertz CT molecular complexity index is 1450. The number of carboxylic acid groups (broad SMARTS) is 1. The van der Waals surface area contributed by atoms with Gasteiger partial charge in [0.1, 0.15) is 17.3 Å². The lowest BCUT2D eigenvalue weighted by molar-refractivity contribution is -0.137. The van der Waals surface area contributed by atoms with Gasteiger partial charge in [-0.15, -0.1) is 0 Å². The third-order valence-electron chi connectivity index (χ3n) is 8.29. The predicted octanol–water partition coefficient (Wildman–Crippen LogP) is 4.63. The van der Waals surface area contributed by atoms with Crippen LogP contribution in [0.5, 0.6) is 11.5 Å². The quantitative estimate of drug-likeness (QED) is 0.203. The number of benzene rings is 2. The molecular formula is C34H46N4O7. The van der Waals surface area contributed by atoms with Crippen molar-refractivity contribution in [3.05, 3.63) is 52.1 Å². The number of rotatable bonds is 14. The number of Topliss-reactive ketones (excluding diaryl/α,β-unsaturated/α-hetero) is 1. The third kappa shape index (κ3) is 7.76. The van der Waals surface area contributed by atoms with Crippen LogP contribution in [0.4, 0.5) is 5.69 Å². The van der Waals surface area contributed by atoms with Gasteiger partial charge in [0.25, 0.3) is 5.91 Å². The minimum absolute atomic E-state index is 0.00804. The van der Waals surface area contributed by atoms with E-state index in [1.807, 2.05) is 19.1 Å². The molecule has 3 N–H and O–H groups in total. The van der Waals surface area contributed by atoms with Crippen molar-refractivity contribution in [3.8, 4) is 11.5 Å². The normalized spacial score (nSPS) is 16.1. The highest BCUT2D eigenvalue weighted by atomic mass is 16.5. The van der Waals surface area contributed by atoms with Crippen molar-refractivity contribution >= 4 is 29.2 Å². The largest absolute Gasteiger partial charge is 0.493 e. The van der Waals surface area contributed by atoms with E-state index in [0.29, 0.717) is 67.3 Å². The van der Waals surface area contributed by atoms with Crippen molar-refractivity contribution in [3.63, 3.8) is 0 Å². The first kappa shape index (κ1) is 33.8. The monoisotopic (exact) mass is 622 g/mol. The number of nitrogens with zero attached hydrogens (tertiary/aromatic N) is 2. The first-order valence-electron chi connectivity index (χ1n) is 15.6. The number of anilines is 1. The second-order valence-corrected chi connectivity index (χ2v) is 12.6. The summed E-state index contributed by atoms with van der Waals surface area (Å²) in [5.74, 6) is 0.0882. The molecule has 2 aliphatic rings. The van der Waals surface area contributed by atoms with Crippen LogP contribution in [0.15, 0.2) is 24.3 Å². The topological polar surface area (TPSA) is 141 Å². The van der Waals surface area contributed by atoms with Gasteiger partial charge >= 0.3 is 5.97 Å². The number of nitrogens with one attached hydrogen (secondary N) is 2. The van der Waals surface area contributed by atoms with Crippen molar-refractivity contribution in [1.82, 2.24) is 10.2 Å². The zero-order chi connectivity index (χ0) is 32.9. The van der Waals surface area contributed by atoms with Crippen molar-refractivity contribution in [2.45, 2.75) is 71.4 Å². The van der Waals surface area contributed by atoms with E-state index in [-0.39, 0.29) is 42.0 Å². The molecule has 244 valence electrons. The average molecular weight is 623 g/mol. The summed E-state index contributed by atoms with van der Waals surface area (Å²) in [5, 5.41) is 20.5. The molecule has 2 aromatic rings. The summed E-state index contributed by atoms with van der Waals surface area (Å²) in [6.45, 7) is 10.6. The van der Waals surface area contributed by atoms with E-state index in [0.717, 1.165) is 29.8 Å². The highest BCUT2D eigenvalue weighted by Crippen LogP contribution is 2.42. The number of amides is 1. The summed E-state index contributed by atoms with van der Waals surface area (Å²) in [4.78, 5) is 41.4. The third-order valence-corrected chi connectivity index (χ3v) is 8.29. The van der Waals surface area contributed by atoms with Gasteiger partial charge in [-0.25, -0.2) is 0 Å². The minimum atomic E-state index is -0.826. The Balaban J connectivity index is 1.64. The van der Waals surface area contributed by atoms with Crippen molar-refractivity contribution in [1.29, 1.82) is 5.41 Å². The molecule has 0 aliphatic carbocycles. The number of unbranched alkanes of at least 4 members (excludes halogenated alkanes) is 1. The molecule has 0 radical (unpaired) electrons. The average Bonchev–Trinajstić information content (AvgIpc) is 3.59. The van der Waals surface area contributed by atoms with Gasteiger partial charge in [0, 0.05) is 56.9 Å². The standard InChI is InChI=1S/C34H46N4O7/c1-7-44-29-16-22-18-38(32(35)24(22)17-25(29)33(42)36-5)20-28(39)21-14-26(34(2,3)4)31(45-13-9-8-10-30(40)41)27(15-21)37-12-11-23(19-37)43-6/h14-17,23,35H,7-13,18-20H2,1-6H3,(H,36,42)(H,40,41). The molecule has 11 nitrogen and oxygen atoms in total. The van der Waals surface area contributed by atoms with E-state index in [1.165, 1.54) is 0 Å². The zero-order valence-electron chi connectivity index (χ0n) is 27.2. The number of ketones is 1. The summed E-state index contributed by atoms with van der Waals surface area (Å²) >= 11 is 0. The molecule has 1 saturated heterocycles. The number of methoxy groups -OCH3 is 1. The van der Waals surface area contributed by atoms with Crippen molar-refractivity contribution < 1.29 is 33.7 Å². The fraction of sp³-hybridized carbons (Fsp3) is 0.529. The van der Waals surface area contributed by atoms with Crippen molar-refractivity contribution in [2.24, 2.45) is 0 Å². The molecule has 11 heteroatoms. The number of aliphatic carboxylic acids is 1. The molecule has 2 aromatic carbocycles. The minimum Gasteiger partial charge on any atom is -0.493 e. The number of hydrogen-bond donors (Lipinski definition) is 3. The van der Waals surface area contributed by atoms with Gasteiger partial charge in [-0.05, 0) is 61.4 Å². The lowest BCUT2D eigenvalue weighted by atomic mass is 9.84. The summed E-state index contributed by atoms with van der Waals surface area (Å²) < 4.78 is 17.7. The van der Waals surface area contributed by atoms with Gasteiger partial charge in [-0.1, -0.05) is 20.8 Å². The molecule has 0 spiro atoms.